The average Bonchev–Trinajstić information content (AvgIpc) is 3.41. The Morgan fingerprint density at radius 1 is 0.438 bits per heavy atom. The summed E-state index contributed by atoms with van der Waals surface area (Å²) in [5, 5.41) is 14.2. The van der Waals surface area contributed by atoms with E-state index in [1.54, 1.807) is 12.2 Å². The highest BCUT2D eigenvalue weighted by Gasteiger charge is 2.23. The van der Waals surface area contributed by atoms with Gasteiger partial charge in [0.2, 0.25) is 0 Å². The van der Waals surface area contributed by atoms with Crippen LogP contribution in [0.15, 0.2) is 165 Å². The highest BCUT2D eigenvalue weighted by molar-refractivity contribution is 6.07. The van der Waals surface area contributed by atoms with Crippen molar-refractivity contribution in [2.45, 2.75) is 32.1 Å². The summed E-state index contributed by atoms with van der Waals surface area (Å²) >= 11 is 0. The van der Waals surface area contributed by atoms with Crippen LogP contribution in [-0.4, -0.2) is 66.1 Å². The van der Waals surface area contributed by atoms with Crippen LogP contribution in [0.25, 0.3) is 21.5 Å². The first kappa shape index (κ1) is 48.6. The van der Waals surface area contributed by atoms with Gasteiger partial charge >= 0.3 is 0 Å². The minimum Gasteiger partial charge on any atom is -0.491 e. The average molecular weight is 970 g/mol. The molecule has 0 radical (unpaired) electrons. The summed E-state index contributed by atoms with van der Waals surface area (Å²) in [5.41, 5.74) is 11.2. The Balaban J connectivity index is 0.985. The fraction of sp³-hybridized carbons (Fsp3) is 0.234. The van der Waals surface area contributed by atoms with Crippen molar-refractivity contribution in [1.29, 1.82) is 5.26 Å². The second kappa shape index (κ2) is 23.5. The van der Waals surface area contributed by atoms with Crippen molar-refractivity contribution >= 4 is 21.5 Å². The smallest absolute Gasteiger partial charge is 0.161 e. The van der Waals surface area contributed by atoms with Crippen LogP contribution >= 0.6 is 0 Å². The van der Waals surface area contributed by atoms with Crippen LogP contribution in [0.4, 0.5) is 0 Å². The Hall–Kier alpha value is -8.03. The van der Waals surface area contributed by atoms with Gasteiger partial charge in [-0.2, -0.15) is 5.26 Å². The monoisotopic (exact) mass is 969 g/mol. The van der Waals surface area contributed by atoms with Crippen LogP contribution in [0.3, 0.4) is 0 Å². The molecule has 0 atom stereocenters. The van der Waals surface area contributed by atoms with E-state index in [0.29, 0.717) is 109 Å². The molecule has 368 valence electrons. The third-order valence-electron chi connectivity index (χ3n) is 13.4. The van der Waals surface area contributed by atoms with Gasteiger partial charge < -0.3 is 37.9 Å². The lowest BCUT2D eigenvalue weighted by molar-refractivity contribution is 0.0695. The fourth-order valence-corrected chi connectivity index (χ4v) is 10.2. The van der Waals surface area contributed by atoms with Gasteiger partial charge in [-0.3, -0.25) is 0 Å². The van der Waals surface area contributed by atoms with E-state index < -0.39 is 0 Å². The van der Waals surface area contributed by atoms with E-state index in [1.165, 1.54) is 0 Å². The van der Waals surface area contributed by atoms with E-state index in [4.69, 9.17) is 37.9 Å². The van der Waals surface area contributed by atoms with Gasteiger partial charge in [-0.05, 0) is 85.0 Å². The molecule has 73 heavy (non-hydrogen) atoms. The Bertz CT molecular complexity index is 3160. The lowest BCUT2D eigenvalue weighted by atomic mass is 9.89. The van der Waals surface area contributed by atoms with Gasteiger partial charge in [-0.15, -0.1) is 0 Å². The van der Waals surface area contributed by atoms with Crippen molar-refractivity contribution in [2.75, 3.05) is 66.1 Å². The van der Waals surface area contributed by atoms with Gasteiger partial charge in [0.05, 0.1) is 32.0 Å². The van der Waals surface area contributed by atoms with E-state index in [2.05, 4.69) is 116 Å². The van der Waals surface area contributed by atoms with E-state index in [-0.39, 0.29) is 6.61 Å². The van der Waals surface area contributed by atoms with Gasteiger partial charge in [0.15, 0.2) is 11.5 Å². The van der Waals surface area contributed by atoms with Crippen molar-refractivity contribution in [1.82, 2.24) is 0 Å². The van der Waals surface area contributed by atoms with Crippen molar-refractivity contribution < 1.29 is 37.9 Å². The quantitative estimate of drug-likeness (QED) is 0.0837. The maximum Gasteiger partial charge on any atom is 0.161 e. The number of rotatable bonds is 8. The summed E-state index contributed by atoms with van der Waals surface area (Å²) in [6, 6.07) is 50.4. The highest BCUT2D eigenvalue weighted by atomic mass is 16.6. The maximum absolute atomic E-state index is 10.2. The van der Waals surface area contributed by atoms with Crippen molar-refractivity contribution in [3.63, 3.8) is 0 Å². The Kier molecular flexibility index (Phi) is 15.6. The summed E-state index contributed by atoms with van der Waals surface area (Å²) in [6.07, 6.45) is 6.47. The lowest BCUT2D eigenvalue weighted by Crippen LogP contribution is -2.15. The molecule has 8 aromatic rings. The normalized spacial score (nSPS) is 14.2. The summed E-state index contributed by atoms with van der Waals surface area (Å²) in [4.78, 5) is 0. The van der Waals surface area contributed by atoms with Crippen LogP contribution in [0.1, 0.15) is 61.2 Å². The predicted octanol–water partition coefficient (Wildman–Crippen LogP) is 12.5. The summed E-state index contributed by atoms with van der Waals surface area (Å²) in [7, 11) is 0. The molecule has 1 aliphatic carbocycles. The van der Waals surface area contributed by atoms with Gasteiger partial charge in [-0.25, -0.2) is 0 Å². The molecule has 0 saturated carbocycles. The topological polar surface area (TPSA) is 97.6 Å². The Morgan fingerprint density at radius 2 is 0.836 bits per heavy atom. The molecule has 9 heteroatoms. The molecule has 3 aliphatic rings. The molecule has 0 fully saturated rings. The molecule has 2 aliphatic heterocycles. The molecule has 8 aromatic carbocycles. The van der Waals surface area contributed by atoms with E-state index >= 15 is 0 Å². The zero-order chi connectivity index (χ0) is 49.8. The van der Waals surface area contributed by atoms with Crippen LogP contribution in [-0.2, 0) is 41.6 Å². The van der Waals surface area contributed by atoms with Gasteiger partial charge in [-0.1, -0.05) is 153 Å². The van der Waals surface area contributed by atoms with Gasteiger partial charge in [0, 0.05) is 36.5 Å². The molecule has 0 saturated heterocycles. The molecular weight excluding hydrogens is 911 g/mol. The van der Waals surface area contributed by atoms with Gasteiger partial charge in [0.25, 0.3) is 0 Å². The maximum atomic E-state index is 10.2. The van der Waals surface area contributed by atoms with Gasteiger partial charge in [0.1, 0.15) is 68.7 Å². The van der Waals surface area contributed by atoms with E-state index in [1.807, 2.05) is 42.5 Å². The number of benzene rings is 8. The zero-order valence-electron chi connectivity index (χ0n) is 41.2. The molecule has 0 N–H and O–H groups in total. The largest absolute Gasteiger partial charge is 0.491 e. The number of para-hydroxylation sites is 4. The first-order valence-corrected chi connectivity index (χ1v) is 25.1. The second-order valence-corrected chi connectivity index (χ2v) is 18.2. The first-order chi connectivity index (χ1) is 36.1. The summed E-state index contributed by atoms with van der Waals surface area (Å²) < 4.78 is 52.0. The Morgan fingerprint density at radius 3 is 1.26 bits per heavy atom. The van der Waals surface area contributed by atoms with E-state index in [9.17, 15) is 5.26 Å². The summed E-state index contributed by atoms with van der Waals surface area (Å²) in [5.74, 6) is 4.50. The van der Waals surface area contributed by atoms with E-state index in [0.717, 1.165) is 100 Å². The van der Waals surface area contributed by atoms with Crippen LogP contribution in [0, 0.1) is 11.3 Å². The Labute approximate surface area is 427 Å². The number of ether oxygens (including phenoxy) is 8. The molecule has 0 spiro atoms. The summed E-state index contributed by atoms with van der Waals surface area (Å²) in [6.45, 7) is 11.2. The number of nitriles is 1. The minimum atomic E-state index is 0.287. The fourth-order valence-electron chi connectivity index (χ4n) is 10.2. The number of hydrogen-bond donors (Lipinski definition) is 0. The molecule has 9 nitrogen and oxygen atoms in total. The third kappa shape index (κ3) is 11.1. The minimum absolute atomic E-state index is 0.287. The van der Waals surface area contributed by atoms with Crippen LogP contribution in [0.5, 0.6) is 34.5 Å². The standard InChI is InChI=1S/C64H59NO8/c1-3-27-70-61-45-13-9-15-47(61)41-51-19-12-20-52-42-48-16-10-14-46(62(48)71-28-4-2)40-50-18-11-17-49(39-45)63(50)72-35-31-66-29-33-68-59-26-25-44(38-60(59)69-34-30-67-32-36-73-64(51)52)37-57-53-21-5-7-23-55(53)58(43-65)56-24-8-6-22-54(56)57/h3-26,38H,1-2,27-37,39-42H2. The number of nitrogens with zero attached hydrogens (tertiary/aromatic N) is 1. The second-order valence-electron chi connectivity index (χ2n) is 18.2. The SMILES string of the molecule is C=CCOc1c2cccc1Cc1cccc3c1OCCOCCOc1cc(Cc4c5ccccc5c(C#N)c5ccccc45)ccc1OCCOCCOc1c(cccc1Cc1cccc(c1OCC=C)C3)C2. The molecule has 2 heterocycles. The first-order valence-electron chi connectivity index (χ1n) is 25.1. The molecule has 11 rings (SSSR count). The molecule has 0 aromatic heterocycles. The van der Waals surface area contributed by atoms with Crippen molar-refractivity contribution in [3.8, 4) is 40.6 Å². The lowest BCUT2D eigenvalue weighted by Gasteiger charge is -2.22. The van der Waals surface area contributed by atoms with Crippen molar-refractivity contribution in [2.24, 2.45) is 0 Å². The van der Waals surface area contributed by atoms with Crippen LogP contribution < -0.4 is 28.4 Å². The molecule has 0 amide bonds. The third-order valence-corrected chi connectivity index (χ3v) is 13.4. The van der Waals surface area contributed by atoms with Crippen molar-refractivity contribution in [3.05, 3.63) is 226 Å². The van der Waals surface area contributed by atoms with Crippen LogP contribution in [0.2, 0.25) is 0 Å². The molecular formula is C64H59NO8. The number of hydrogen-bond acceptors (Lipinski definition) is 9. The zero-order valence-corrected chi connectivity index (χ0v) is 41.2. The predicted molar refractivity (Wildman–Crippen MR) is 287 cm³/mol. The molecule has 0 unspecified atom stereocenters. The highest BCUT2D eigenvalue weighted by Crippen LogP contribution is 2.40. The number of fused-ring (bicyclic) bond motifs is 14. The molecule has 10 bridgehead atoms.